The lowest BCUT2D eigenvalue weighted by molar-refractivity contribution is 0.555. The van der Waals surface area contributed by atoms with Gasteiger partial charge in [-0.1, -0.05) is 48.7 Å². The average Bonchev–Trinajstić information content (AvgIpc) is 2.78. The average molecular weight is 247 g/mol. The zero-order chi connectivity index (χ0) is 12.1. The van der Waals surface area contributed by atoms with Crippen LogP contribution in [0.25, 0.3) is 11.3 Å². The summed E-state index contributed by atoms with van der Waals surface area (Å²) in [6, 6.07) is 10.2. The summed E-state index contributed by atoms with van der Waals surface area (Å²) in [5, 5.41) is 7.64. The Labute approximate surface area is 106 Å². The van der Waals surface area contributed by atoms with Crippen LogP contribution in [0.4, 0.5) is 0 Å². The molecule has 2 rings (SSSR count). The molecule has 0 aliphatic heterocycles. The third-order valence-corrected chi connectivity index (χ3v) is 3.16. The Morgan fingerprint density at radius 1 is 1.24 bits per heavy atom. The van der Waals surface area contributed by atoms with E-state index in [4.69, 9.17) is 0 Å². The van der Waals surface area contributed by atoms with E-state index in [0.717, 1.165) is 24.3 Å². The molecule has 0 unspecified atom stereocenters. The van der Waals surface area contributed by atoms with Crippen LogP contribution in [0.5, 0.6) is 0 Å². The molecule has 0 bridgehead atoms. The second kappa shape index (κ2) is 5.89. The lowest BCUT2D eigenvalue weighted by Gasteiger charge is -2.06. The van der Waals surface area contributed by atoms with Gasteiger partial charge in [0.2, 0.25) is 0 Å². The molecule has 1 aromatic heterocycles. The molecule has 0 aliphatic carbocycles. The van der Waals surface area contributed by atoms with Crippen molar-refractivity contribution in [1.29, 1.82) is 0 Å². The van der Waals surface area contributed by atoms with E-state index in [1.54, 1.807) is 0 Å². The summed E-state index contributed by atoms with van der Waals surface area (Å²) in [4.78, 5) is 1.21. The Hall–Kier alpha value is -1.26. The number of aromatic nitrogens is 2. The molecule has 1 N–H and O–H groups in total. The van der Waals surface area contributed by atoms with Crippen molar-refractivity contribution in [3.05, 3.63) is 35.2 Å². The quantitative estimate of drug-likeness (QED) is 0.882. The Morgan fingerprint density at radius 3 is 2.71 bits per heavy atom. The number of hydrogen-bond acceptors (Lipinski definition) is 4. The first-order valence-corrected chi connectivity index (χ1v) is 6.62. The second-order valence-electron chi connectivity index (χ2n) is 4.44. The zero-order valence-electron chi connectivity index (χ0n) is 10.2. The maximum Gasteiger partial charge on any atom is 0.110 e. The molecule has 3 nitrogen and oxygen atoms in total. The van der Waals surface area contributed by atoms with Gasteiger partial charge in [-0.05, 0) is 24.0 Å². The van der Waals surface area contributed by atoms with Gasteiger partial charge in [0.15, 0.2) is 0 Å². The van der Waals surface area contributed by atoms with Crippen molar-refractivity contribution in [2.24, 2.45) is 5.92 Å². The largest absolute Gasteiger partial charge is 0.311 e. The first-order valence-electron chi connectivity index (χ1n) is 5.84. The standard InChI is InChI=1S/C13H17N3S/c1-10(2)8-14-9-12-13(15-16-17-12)11-6-4-3-5-7-11/h3-7,10,14H,8-9H2,1-2H3. The Morgan fingerprint density at radius 2 is 2.00 bits per heavy atom. The van der Waals surface area contributed by atoms with Crippen molar-refractivity contribution < 1.29 is 0 Å². The first-order chi connectivity index (χ1) is 8.27. The minimum atomic E-state index is 0.663. The molecule has 0 fully saturated rings. The SMILES string of the molecule is CC(C)CNCc1snnc1-c1ccccc1. The van der Waals surface area contributed by atoms with Crippen LogP contribution in [0.2, 0.25) is 0 Å². The summed E-state index contributed by atoms with van der Waals surface area (Å²) in [7, 11) is 0. The van der Waals surface area contributed by atoms with Crippen molar-refractivity contribution >= 4 is 11.5 Å². The lowest BCUT2D eigenvalue weighted by atomic mass is 10.1. The third kappa shape index (κ3) is 3.35. The molecule has 0 saturated carbocycles. The highest BCUT2D eigenvalue weighted by Gasteiger charge is 2.09. The Bertz CT molecular complexity index is 451. The van der Waals surface area contributed by atoms with E-state index in [-0.39, 0.29) is 0 Å². The summed E-state index contributed by atoms with van der Waals surface area (Å²) >= 11 is 1.47. The molecular weight excluding hydrogens is 230 g/mol. The molecule has 1 aromatic carbocycles. The van der Waals surface area contributed by atoms with Gasteiger partial charge in [-0.3, -0.25) is 0 Å². The van der Waals surface area contributed by atoms with Crippen LogP contribution < -0.4 is 5.32 Å². The summed E-state index contributed by atoms with van der Waals surface area (Å²) < 4.78 is 4.05. The van der Waals surface area contributed by atoms with Crippen LogP contribution in [0.1, 0.15) is 18.7 Å². The topological polar surface area (TPSA) is 37.8 Å². The predicted octanol–water partition coefficient (Wildman–Crippen LogP) is 2.95. The van der Waals surface area contributed by atoms with Crippen LogP contribution in [0.3, 0.4) is 0 Å². The smallest absolute Gasteiger partial charge is 0.110 e. The predicted molar refractivity (Wildman–Crippen MR) is 71.9 cm³/mol. The highest BCUT2D eigenvalue weighted by Crippen LogP contribution is 2.23. The maximum absolute atomic E-state index is 4.21. The van der Waals surface area contributed by atoms with Crippen LogP contribution in [-0.4, -0.2) is 16.1 Å². The minimum absolute atomic E-state index is 0.663. The highest BCUT2D eigenvalue weighted by atomic mass is 32.1. The molecule has 0 amide bonds. The van der Waals surface area contributed by atoms with E-state index in [0.29, 0.717) is 5.92 Å². The van der Waals surface area contributed by atoms with E-state index in [2.05, 4.69) is 40.9 Å². The summed E-state index contributed by atoms with van der Waals surface area (Å²) in [6.45, 7) is 6.28. The van der Waals surface area contributed by atoms with Gasteiger partial charge < -0.3 is 5.32 Å². The number of nitrogens with one attached hydrogen (secondary N) is 1. The van der Waals surface area contributed by atoms with Gasteiger partial charge in [0, 0.05) is 12.1 Å². The molecule has 0 radical (unpaired) electrons. The number of rotatable bonds is 5. The summed E-state index contributed by atoms with van der Waals surface area (Å²) in [5.74, 6) is 0.663. The maximum atomic E-state index is 4.21. The molecule has 0 atom stereocenters. The van der Waals surface area contributed by atoms with Gasteiger partial charge in [0.25, 0.3) is 0 Å². The van der Waals surface area contributed by atoms with E-state index in [1.807, 2.05) is 18.2 Å². The minimum Gasteiger partial charge on any atom is -0.311 e. The van der Waals surface area contributed by atoms with Crippen LogP contribution in [0.15, 0.2) is 30.3 Å². The van der Waals surface area contributed by atoms with E-state index in [1.165, 1.54) is 16.4 Å². The Balaban J connectivity index is 2.07. The van der Waals surface area contributed by atoms with Gasteiger partial charge in [-0.15, -0.1) is 5.10 Å². The Kier molecular flexibility index (Phi) is 4.23. The van der Waals surface area contributed by atoms with Crippen LogP contribution >= 0.6 is 11.5 Å². The van der Waals surface area contributed by atoms with Crippen LogP contribution in [0, 0.1) is 5.92 Å². The molecule has 17 heavy (non-hydrogen) atoms. The van der Waals surface area contributed by atoms with Crippen molar-refractivity contribution in [3.63, 3.8) is 0 Å². The fraction of sp³-hybridized carbons (Fsp3) is 0.385. The van der Waals surface area contributed by atoms with E-state index < -0.39 is 0 Å². The van der Waals surface area contributed by atoms with Crippen LogP contribution in [-0.2, 0) is 6.54 Å². The van der Waals surface area contributed by atoms with Gasteiger partial charge in [0.1, 0.15) is 5.69 Å². The van der Waals surface area contributed by atoms with Gasteiger partial charge in [-0.25, -0.2) is 0 Å². The molecule has 2 aromatic rings. The molecule has 90 valence electrons. The van der Waals surface area contributed by atoms with Crippen molar-refractivity contribution in [3.8, 4) is 11.3 Å². The zero-order valence-corrected chi connectivity index (χ0v) is 11.0. The highest BCUT2D eigenvalue weighted by molar-refractivity contribution is 7.05. The summed E-state index contributed by atoms with van der Waals surface area (Å²) in [6.07, 6.45) is 0. The monoisotopic (exact) mass is 247 g/mol. The fourth-order valence-corrected chi connectivity index (χ4v) is 2.25. The van der Waals surface area contributed by atoms with Crippen molar-refractivity contribution in [1.82, 2.24) is 14.9 Å². The first kappa shape index (κ1) is 12.2. The number of benzene rings is 1. The normalized spacial score (nSPS) is 11.0. The van der Waals surface area contributed by atoms with Crippen molar-refractivity contribution in [2.75, 3.05) is 6.54 Å². The second-order valence-corrected chi connectivity index (χ2v) is 5.27. The third-order valence-electron chi connectivity index (χ3n) is 2.44. The molecule has 0 spiro atoms. The van der Waals surface area contributed by atoms with E-state index >= 15 is 0 Å². The molecule has 4 heteroatoms. The van der Waals surface area contributed by atoms with Gasteiger partial charge >= 0.3 is 0 Å². The molecular formula is C13H17N3S. The van der Waals surface area contributed by atoms with E-state index in [9.17, 15) is 0 Å². The molecule has 0 saturated heterocycles. The molecule has 1 heterocycles. The number of nitrogens with zero attached hydrogens (tertiary/aromatic N) is 2. The van der Waals surface area contributed by atoms with Crippen molar-refractivity contribution in [2.45, 2.75) is 20.4 Å². The lowest BCUT2D eigenvalue weighted by Crippen LogP contribution is -2.18. The summed E-state index contributed by atoms with van der Waals surface area (Å²) in [5.41, 5.74) is 2.15. The van der Waals surface area contributed by atoms with Gasteiger partial charge in [0.05, 0.1) is 4.88 Å². The fourth-order valence-electron chi connectivity index (χ4n) is 1.61. The number of hydrogen-bond donors (Lipinski definition) is 1. The van der Waals surface area contributed by atoms with Gasteiger partial charge in [-0.2, -0.15) is 0 Å². The molecule has 0 aliphatic rings.